The molecule has 0 radical (unpaired) electrons. The number of ether oxygens (including phenoxy) is 3. The molecule has 3 heterocycles. The van der Waals surface area contributed by atoms with Crippen molar-refractivity contribution < 1.29 is 23.8 Å². The van der Waals surface area contributed by atoms with Crippen molar-refractivity contribution in [1.29, 1.82) is 5.26 Å². The van der Waals surface area contributed by atoms with Gasteiger partial charge in [-0.1, -0.05) is 36.4 Å². The summed E-state index contributed by atoms with van der Waals surface area (Å²) in [7, 11) is 1.60. The highest BCUT2D eigenvalue weighted by Crippen LogP contribution is 2.62. The largest absolute Gasteiger partial charge is 0.493 e. The third-order valence-electron chi connectivity index (χ3n) is 8.13. The van der Waals surface area contributed by atoms with E-state index in [0.29, 0.717) is 54.0 Å². The summed E-state index contributed by atoms with van der Waals surface area (Å²) >= 11 is 0. The molecule has 3 aromatic carbocycles. The van der Waals surface area contributed by atoms with Crippen LogP contribution in [0.15, 0.2) is 60.7 Å². The molecule has 7 nitrogen and oxygen atoms in total. The van der Waals surface area contributed by atoms with E-state index < -0.39 is 23.0 Å². The predicted octanol–water partition coefficient (Wildman–Crippen LogP) is 4.62. The molecule has 4 atom stereocenters. The second-order valence-corrected chi connectivity index (χ2v) is 9.99. The molecule has 0 spiro atoms. The van der Waals surface area contributed by atoms with Crippen molar-refractivity contribution in [2.45, 2.75) is 37.4 Å². The Hall–Kier alpha value is -3.89. The van der Waals surface area contributed by atoms with Crippen LogP contribution in [-0.4, -0.2) is 36.7 Å². The van der Waals surface area contributed by atoms with E-state index in [0.717, 1.165) is 5.39 Å². The summed E-state index contributed by atoms with van der Waals surface area (Å²) < 4.78 is 17.9. The number of para-hydroxylation sites is 2. The molecule has 6 rings (SSSR count). The minimum absolute atomic E-state index is 0.227. The highest BCUT2D eigenvalue weighted by Gasteiger charge is 2.73. The van der Waals surface area contributed by atoms with Crippen molar-refractivity contribution in [3.8, 4) is 17.6 Å². The van der Waals surface area contributed by atoms with Gasteiger partial charge in [0.05, 0.1) is 54.1 Å². The summed E-state index contributed by atoms with van der Waals surface area (Å²) in [5, 5.41) is 11.0. The van der Waals surface area contributed by atoms with Gasteiger partial charge in [-0.15, -0.1) is 0 Å². The Balaban J connectivity index is 1.33. The number of rotatable bonds is 6. The van der Waals surface area contributed by atoms with E-state index >= 15 is 0 Å². The average molecular weight is 483 g/mol. The van der Waals surface area contributed by atoms with Crippen LogP contribution >= 0.6 is 0 Å². The number of imide groups is 1. The quantitative estimate of drug-likeness (QED) is 0.477. The van der Waals surface area contributed by atoms with Gasteiger partial charge in [-0.2, -0.15) is 5.26 Å². The van der Waals surface area contributed by atoms with Gasteiger partial charge in [0, 0.05) is 17.2 Å². The van der Waals surface area contributed by atoms with Crippen LogP contribution in [0.4, 0.5) is 5.69 Å². The lowest BCUT2D eigenvalue weighted by atomic mass is 9.67. The zero-order valence-corrected chi connectivity index (χ0v) is 20.2. The van der Waals surface area contributed by atoms with E-state index in [2.05, 4.69) is 6.07 Å². The lowest BCUT2D eigenvalue weighted by molar-refractivity contribution is -0.131. The van der Waals surface area contributed by atoms with Crippen molar-refractivity contribution in [3.63, 3.8) is 0 Å². The average Bonchev–Trinajstić information content (AvgIpc) is 3.48. The Labute approximate surface area is 209 Å². The van der Waals surface area contributed by atoms with Gasteiger partial charge in [-0.3, -0.25) is 9.59 Å². The van der Waals surface area contributed by atoms with Crippen molar-refractivity contribution >= 4 is 28.3 Å². The van der Waals surface area contributed by atoms with Crippen molar-refractivity contribution in [2.75, 3.05) is 18.6 Å². The highest BCUT2D eigenvalue weighted by atomic mass is 16.5. The standard InChI is InChI=1S/C29H26N2O5/c1-28-13-14-29(36-28,15-16-35-23-10-6-5-9-22(23)34-2)25-24(28)26(32)31(27(25)33)21-12-11-18(17-30)19-7-3-4-8-20(19)21/h3-12,24-25H,13-16H2,1-2H3. The third kappa shape index (κ3) is 3.07. The fourth-order valence-corrected chi connectivity index (χ4v) is 6.50. The van der Waals surface area contributed by atoms with Gasteiger partial charge >= 0.3 is 0 Å². The van der Waals surface area contributed by atoms with Crippen LogP contribution in [0.25, 0.3) is 10.8 Å². The molecule has 3 saturated heterocycles. The van der Waals surface area contributed by atoms with E-state index in [1.54, 1.807) is 19.2 Å². The summed E-state index contributed by atoms with van der Waals surface area (Å²) in [5.74, 6) is -0.303. The van der Waals surface area contributed by atoms with Crippen molar-refractivity contribution in [1.82, 2.24) is 0 Å². The predicted molar refractivity (Wildman–Crippen MR) is 133 cm³/mol. The summed E-state index contributed by atoms with van der Waals surface area (Å²) in [6.45, 7) is 2.28. The van der Waals surface area contributed by atoms with Crippen LogP contribution in [-0.2, 0) is 14.3 Å². The first kappa shape index (κ1) is 22.6. The van der Waals surface area contributed by atoms with Gasteiger partial charge in [-0.05, 0) is 44.0 Å². The summed E-state index contributed by atoms with van der Waals surface area (Å²) in [4.78, 5) is 29.1. The second kappa shape index (κ2) is 8.07. The minimum atomic E-state index is -0.759. The zero-order chi connectivity index (χ0) is 25.1. The first-order chi connectivity index (χ1) is 17.4. The topological polar surface area (TPSA) is 88.9 Å². The fraction of sp³-hybridized carbons (Fsp3) is 0.345. The number of carbonyl (C=O) groups is 2. The maximum atomic E-state index is 14.0. The second-order valence-electron chi connectivity index (χ2n) is 9.99. The van der Waals surface area contributed by atoms with E-state index in [9.17, 15) is 14.9 Å². The molecule has 3 aromatic rings. The number of hydrogen-bond acceptors (Lipinski definition) is 6. The van der Waals surface area contributed by atoms with Crippen LogP contribution < -0.4 is 14.4 Å². The summed E-state index contributed by atoms with van der Waals surface area (Å²) in [5.41, 5.74) is -0.420. The molecule has 0 aliphatic carbocycles. The molecular formula is C29H26N2O5. The number of methoxy groups -OCH3 is 1. The van der Waals surface area contributed by atoms with E-state index in [-0.39, 0.29) is 11.8 Å². The van der Waals surface area contributed by atoms with E-state index in [1.165, 1.54) is 4.90 Å². The van der Waals surface area contributed by atoms with Crippen molar-refractivity contribution in [3.05, 3.63) is 66.2 Å². The first-order valence-corrected chi connectivity index (χ1v) is 12.2. The molecule has 2 bridgehead atoms. The maximum absolute atomic E-state index is 14.0. The smallest absolute Gasteiger partial charge is 0.240 e. The normalized spacial score (nSPS) is 28.4. The van der Waals surface area contributed by atoms with Crippen LogP contribution in [0.2, 0.25) is 0 Å². The van der Waals surface area contributed by atoms with Crippen LogP contribution in [0.3, 0.4) is 0 Å². The number of nitriles is 1. The third-order valence-corrected chi connectivity index (χ3v) is 8.13. The lowest BCUT2D eigenvalue weighted by Gasteiger charge is -2.31. The van der Waals surface area contributed by atoms with Crippen molar-refractivity contribution in [2.24, 2.45) is 11.8 Å². The minimum Gasteiger partial charge on any atom is -0.493 e. The number of nitrogens with zero attached hydrogens (tertiary/aromatic N) is 2. The zero-order valence-electron chi connectivity index (χ0n) is 20.2. The maximum Gasteiger partial charge on any atom is 0.240 e. The van der Waals surface area contributed by atoms with E-state index in [4.69, 9.17) is 14.2 Å². The van der Waals surface area contributed by atoms with E-state index in [1.807, 2.05) is 55.5 Å². The van der Waals surface area contributed by atoms with Gasteiger partial charge in [0.25, 0.3) is 0 Å². The number of benzene rings is 3. The molecule has 0 N–H and O–H groups in total. The molecule has 0 aromatic heterocycles. The number of fused-ring (bicyclic) bond motifs is 6. The number of amides is 2. The summed E-state index contributed by atoms with van der Waals surface area (Å²) in [6.07, 6.45) is 1.90. The monoisotopic (exact) mass is 482 g/mol. The lowest BCUT2D eigenvalue weighted by Crippen LogP contribution is -2.43. The number of carbonyl (C=O) groups excluding carboxylic acids is 2. The molecule has 36 heavy (non-hydrogen) atoms. The molecule has 2 amide bonds. The Morgan fingerprint density at radius 3 is 2.42 bits per heavy atom. The Morgan fingerprint density at radius 2 is 1.67 bits per heavy atom. The number of hydrogen-bond donors (Lipinski definition) is 0. The van der Waals surface area contributed by atoms with Crippen LogP contribution in [0.1, 0.15) is 31.7 Å². The first-order valence-electron chi connectivity index (χ1n) is 12.2. The molecule has 7 heteroatoms. The van der Waals surface area contributed by atoms with Gasteiger partial charge in [-0.25, -0.2) is 4.90 Å². The molecular weight excluding hydrogens is 456 g/mol. The molecule has 3 fully saturated rings. The fourth-order valence-electron chi connectivity index (χ4n) is 6.50. The SMILES string of the molecule is COc1ccccc1OCCC12CCC(C)(O1)C1C(=O)N(c3ccc(C#N)c4ccccc34)C(=O)C12. The summed E-state index contributed by atoms with van der Waals surface area (Å²) in [6, 6.07) is 20.4. The van der Waals surface area contributed by atoms with Crippen LogP contribution in [0.5, 0.6) is 11.5 Å². The molecule has 0 saturated carbocycles. The highest BCUT2D eigenvalue weighted by molar-refractivity contribution is 6.26. The number of anilines is 1. The van der Waals surface area contributed by atoms with Gasteiger partial charge in [0.15, 0.2) is 11.5 Å². The molecule has 3 aliphatic heterocycles. The Kier molecular flexibility index (Phi) is 5.06. The molecule has 4 unspecified atom stereocenters. The molecule has 3 aliphatic rings. The molecule has 182 valence electrons. The Morgan fingerprint density at radius 1 is 0.972 bits per heavy atom. The van der Waals surface area contributed by atoms with Gasteiger partial charge < -0.3 is 14.2 Å². The van der Waals surface area contributed by atoms with Gasteiger partial charge in [0.1, 0.15) is 0 Å². The van der Waals surface area contributed by atoms with Crippen LogP contribution in [0, 0.1) is 23.2 Å². The Bertz CT molecular complexity index is 1450. The van der Waals surface area contributed by atoms with Gasteiger partial charge in [0.2, 0.25) is 11.8 Å².